The number of aryl methyl sites for hydroxylation is 1. The van der Waals surface area contributed by atoms with Gasteiger partial charge in [0.1, 0.15) is 0 Å². The molecule has 1 aromatic heterocycles. The molecule has 1 aliphatic heterocycles. The molecule has 1 aliphatic rings. The fourth-order valence-corrected chi connectivity index (χ4v) is 2.18. The number of carbonyl (C=O) groups is 1. The highest BCUT2D eigenvalue weighted by Crippen LogP contribution is 2.14. The van der Waals surface area contributed by atoms with Crippen LogP contribution in [0.25, 0.3) is 0 Å². The summed E-state index contributed by atoms with van der Waals surface area (Å²) in [6.45, 7) is 3.06. The highest BCUT2D eigenvalue weighted by atomic mass is 35.5. The number of hydrogen-bond acceptors (Lipinski definition) is 3. The fourth-order valence-electron chi connectivity index (χ4n) is 2.04. The molecule has 1 saturated heterocycles. The maximum Gasteiger partial charge on any atom is 0.263 e. The molecule has 0 spiro atoms. The van der Waals surface area contributed by atoms with Crippen molar-refractivity contribution in [3.8, 4) is 0 Å². The molecule has 0 radical (unpaired) electrons. The van der Waals surface area contributed by atoms with Crippen molar-refractivity contribution in [2.75, 3.05) is 6.61 Å². The predicted octanol–water partition coefficient (Wildman–Crippen LogP) is 1.71. The van der Waals surface area contributed by atoms with Crippen LogP contribution >= 0.6 is 11.6 Å². The van der Waals surface area contributed by atoms with Crippen LogP contribution in [0.4, 0.5) is 0 Å². The molecule has 1 atom stereocenters. The van der Waals surface area contributed by atoms with E-state index in [4.69, 9.17) is 16.3 Å². The number of nitrogens with zero attached hydrogens (tertiary/aromatic N) is 1. The Balaban J connectivity index is 2.34. The van der Waals surface area contributed by atoms with Gasteiger partial charge in [0, 0.05) is 12.3 Å². The van der Waals surface area contributed by atoms with Gasteiger partial charge in [0.2, 0.25) is 0 Å². The molecule has 5 heteroatoms. The van der Waals surface area contributed by atoms with E-state index in [2.05, 4.69) is 0 Å². The Labute approximate surface area is 104 Å². The van der Waals surface area contributed by atoms with E-state index in [0.29, 0.717) is 6.54 Å². The van der Waals surface area contributed by atoms with E-state index in [-0.39, 0.29) is 17.2 Å². The first-order valence-corrected chi connectivity index (χ1v) is 5.99. The molecule has 0 aliphatic carbocycles. The van der Waals surface area contributed by atoms with E-state index in [1.807, 2.05) is 6.92 Å². The maximum absolute atomic E-state index is 12.0. The molecule has 0 aromatic carbocycles. The van der Waals surface area contributed by atoms with Gasteiger partial charge in [0.25, 0.3) is 10.8 Å². The Bertz CT molecular complexity index is 489. The third kappa shape index (κ3) is 2.58. The molecule has 1 aromatic rings. The van der Waals surface area contributed by atoms with E-state index in [9.17, 15) is 9.59 Å². The number of aromatic nitrogens is 1. The van der Waals surface area contributed by atoms with Gasteiger partial charge >= 0.3 is 0 Å². The molecule has 0 N–H and O–H groups in total. The molecule has 1 unspecified atom stereocenters. The minimum absolute atomic E-state index is 0.0234. The van der Waals surface area contributed by atoms with Gasteiger partial charge in [0.15, 0.2) is 0 Å². The van der Waals surface area contributed by atoms with Crippen LogP contribution < -0.4 is 5.56 Å². The molecule has 2 rings (SSSR count). The van der Waals surface area contributed by atoms with Crippen LogP contribution in [-0.4, -0.2) is 22.5 Å². The van der Waals surface area contributed by atoms with Gasteiger partial charge < -0.3 is 9.30 Å². The number of hydrogen-bond donors (Lipinski definition) is 0. The fraction of sp³-hybridized carbons (Fsp3) is 0.500. The zero-order chi connectivity index (χ0) is 12.4. The van der Waals surface area contributed by atoms with Crippen LogP contribution in [0.2, 0.25) is 0 Å². The van der Waals surface area contributed by atoms with E-state index < -0.39 is 5.24 Å². The summed E-state index contributed by atoms with van der Waals surface area (Å²) in [5.74, 6) is 0. The maximum atomic E-state index is 12.0. The number of ether oxygens (including phenoxy) is 1. The first-order chi connectivity index (χ1) is 8.09. The van der Waals surface area contributed by atoms with Gasteiger partial charge in [-0.1, -0.05) is 0 Å². The molecule has 0 bridgehead atoms. The van der Waals surface area contributed by atoms with Crippen LogP contribution in [0, 0.1) is 6.92 Å². The topological polar surface area (TPSA) is 48.3 Å². The zero-order valence-electron chi connectivity index (χ0n) is 9.61. The lowest BCUT2D eigenvalue weighted by Crippen LogP contribution is -2.31. The second-order valence-electron chi connectivity index (χ2n) is 4.21. The third-order valence-corrected chi connectivity index (χ3v) is 3.22. The lowest BCUT2D eigenvalue weighted by molar-refractivity contribution is 0.0952. The zero-order valence-corrected chi connectivity index (χ0v) is 10.4. The van der Waals surface area contributed by atoms with Crippen LogP contribution in [0.1, 0.15) is 28.9 Å². The molecule has 0 saturated carbocycles. The van der Waals surface area contributed by atoms with Crippen molar-refractivity contribution in [3.05, 3.63) is 33.7 Å². The van der Waals surface area contributed by atoms with E-state index in [1.165, 1.54) is 6.07 Å². The molecule has 4 nitrogen and oxygen atoms in total. The van der Waals surface area contributed by atoms with Crippen LogP contribution in [-0.2, 0) is 11.3 Å². The minimum Gasteiger partial charge on any atom is -0.376 e. The largest absolute Gasteiger partial charge is 0.376 e. The van der Waals surface area contributed by atoms with Gasteiger partial charge in [-0.25, -0.2) is 0 Å². The van der Waals surface area contributed by atoms with Crippen molar-refractivity contribution in [1.29, 1.82) is 0 Å². The summed E-state index contributed by atoms with van der Waals surface area (Å²) < 4.78 is 7.05. The Morgan fingerprint density at radius 3 is 2.94 bits per heavy atom. The van der Waals surface area contributed by atoms with E-state index in [1.54, 1.807) is 10.6 Å². The molecular weight excluding hydrogens is 242 g/mol. The second kappa shape index (κ2) is 5.02. The van der Waals surface area contributed by atoms with Crippen molar-refractivity contribution >= 4 is 16.8 Å². The predicted molar refractivity (Wildman–Crippen MR) is 64.6 cm³/mol. The summed E-state index contributed by atoms with van der Waals surface area (Å²) in [5, 5.41) is -0.712. The van der Waals surface area contributed by atoms with Crippen LogP contribution in [0.3, 0.4) is 0 Å². The van der Waals surface area contributed by atoms with Crippen molar-refractivity contribution in [2.45, 2.75) is 32.4 Å². The van der Waals surface area contributed by atoms with Gasteiger partial charge in [-0.05, 0) is 43.5 Å². The number of pyridine rings is 1. The lowest BCUT2D eigenvalue weighted by atomic mass is 10.2. The van der Waals surface area contributed by atoms with Crippen molar-refractivity contribution in [3.63, 3.8) is 0 Å². The highest BCUT2D eigenvalue weighted by molar-refractivity contribution is 6.67. The third-order valence-electron chi connectivity index (χ3n) is 3.01. The first-order valence-electron chi connectivity index (χ1n) is 5.61. The molecular formula is C12H14ClNO3. The minimum atomic E-state index is -0.712. The smallest absolute Gasteiger partial charge is 0.263 e. The molecule has 1 fully saturated rings. The highest BCUT2D eigenvalue weighted by Gasteiger charge is 2.19. The summed E-state index contributed by atoms with van der Waals surface area (Å²) in [6, 6.07) is 3.20. The average molecular weight is 256 g/mol. The first kappa shape index (κ1) is 12.3. The standard InChI is InChI=1S/C12H14ClNO3/c1-8-4-5-10(11(13)15)12(16)14(8)7-9-3-2-6-17-9/h4-5,9H,2-3,6-7H2,1H3. The monoisotopic (exact) mass is 255 g/mol. The Kier molecular flexibility index (Phi) is 3.64. The Morgan fingerprint density at radius 2 is 2.35 bits per heavy atom. The summed E-state index contributed by atoms with van der Waals surface area (Å²) in [5.41, 5.74) is 0.503. The molecule has 2 heterocycles. The number of rotatable bonds is 3. The van der Waals surface area contributed by atoms with Crippen LogP contribution in [0.5, 0.6) is 0 Å². The van der Waals surface area contributed by atoms with Crippen molar-refractivity contribution < 1.29 is 9.53 Å². The summed E-state index contributed by atoms with van der Waals surface area (Å²) in [7, 11) is 0. The summed E-state index contributed by atoms with van der Waals surface area (Å²) in [4.78, 5) is 23.1. The Hall–Kier alpha value is -1.13. The second-order valence-corrected chi connectivity index (χ2v) is 4.56. The normalized spacial score (nSPS) is 19.5. The molecule has 17 heavy (non-hydrogen) atoms. The van der Waals surface area contributed by atoms with Gasteiger partial charge in [-0.3, -0.25) is 9.59 Å². The van der Waals surface area contributed by atoms with Crippen molar-refractivity contribution in [1.82, 2.24) is 4.57 Å². The Morgan fingerprint density at radius 1 is 1.59 bits per heavy atom. The number of halogens is 1. The quantitative estimate of drug-likeness (QED) is 0.773. The molecule has 92 valence electrons. The van der Waals surface area contributed by atoms with Gasteiger partial charge in [-0.15, -0.1) is 0 Å². The van der Waals surface area contributed by atoms with E-state index >= 15 is 0 Å². The van der Waals surface area contributed by atoms with Gasteiger partial charge in [-0.2, -0.15) is 0 Å². The molecule has 0 amide bonds. The summed E-state index contributed by atoms with van der Waals surface area (Å²) in [6.07, 6.45) is 2.03. The van der Waals surface area contributed by atoms with Gasteiger partial charge in [0.05, 0.1) is 18.2 Å². The lowest BCUT2D eigenvalue weighted by Gasteiger charge is -2.15. The number of carbonyl (C=O) groups excluding carboxylic acids is 1. The van der Waals surface area contributed by atoms with Crippen LogP contribution in [0.15, 0.2) is 16.9 Å². The summed E-state index contributed by atoms with van der Waals surface area (Å²) >= 11 is 5.37. The average Bonchev–Trinajstić information content (AvgIpc) is 2.76. The SMILES string of the molecule is Cc1ccc(C(=O)Cl)c(=O)n1CC1CCCO1. The van der Waals surface area contributed by atoms with Crippen molar-refractivity contribution in [2.24, 2.45) is 0 Å². The van der Waals surface area contributed by atoms with E-state index in [0.717, 1.165) is 25.1 Å².